The van der Waals surface area contributed by atoms with Gasteiger partial charge in [-0.05, 0) is 30.3 Å². The molecular weight excluding hydrogens is 392 g/mol. The molecule has 0 bridgehead atoms. The molecule has 2 heterocycles. The zero-order chi connectivity index (χ0) is 21.4. The lowest BCUT2D eigenvalue weighted by atomic mass is 10.2. The predicted octanol–water partition coefficient (Wildman–Crippen LogP) is 1.78. The fourth-order valence-electron chi connectivity index (χ4n) is 3.16. The van der Waals surface area contributed by atoms with E-state index in [1.807, 2.05) is 0 Å². The second kappa shape index (κ2) is 7.32. The monoisotopic (exact) mass is 410 g/mol. The molecule has 4 rings (SSSR count). The minimum atomic E-state index is -0.704. The van der Waals surface area contributed by atoms with Crippen LogP contribution in [0, 0.1) is 0 Å². The van der Waals surface area contributed by atoms with Crippen LogP contribution in [0.4, 0.5) is 0 Å². The van der Waals surface area contributed by atoms with E-state index in [4.69, 9.17) is 14.2 Å². The van der Waals surface area contributed by atoms with Crippen LogP contribution in [0.3, 0.4) is 0 Å². The van der Waals surface area contributed by atoms with Crippen LogP contribution in [0.15, 0.2) is 45.0 Å². The van der Waals surface area contributed by atoms with Gasteiger partial charge < -0.3 is 29.3 Å². The number of hydrogen-bond donors (Lipinski definition) is 3. The van der Waals surface area contributed by atoms with Crippen molar-refractivity contribution in [2.45, 2.75) is 0 Å². The van der Waals surface area contributed by atoms with Crippen LogP contribution >= 0.6 is 0 Å². The van der Waals surface area contributed by atoms with E-state index in [1.54, 1.807) is 18.2 Å². The standard InChI is InChI=1S/C20H18N4O6/c1-28-11-4-5-13-12(8-11)16-17(22-13)19(26)24(20(27)23-16)21-9-10-6-14(29-2)18(25)15(7-10)30-3/h4-9,22,25H,1-3H3,(H,23,27). The van der Waals surface area contributed by atoms with Gasteiger partial charge in [0, 0.05) is 16.5 Å². The van der Waals surface area contributed by atoms with Crippen molar-refractivity contribution in [2.24, 2.45) is 5.10 Å². The number of aromatic hydroxyl groups is 1. The molecule has 0 saturated heterocycles. The van der Waals surface area contributed by atoms with Gasteiger partial charge in [0.2, 0.25) is 5.75 Å². The highest BCUT2D eigenvalue weighted by Crippen LogP contribution is 2.36. The molecule has 4 aromatic rings. The summed E-state index contributed by atoms with van der Waals surface area (Å²) in [6.45, 7) is 0. The number of rotatable bonds is 5. The smallest absolute Gasteiger partial charge is 0.350 e. The maximum atomic E-state index is 12.9. The third kappa shape index (κ3) is 3.04. The van der Waals surface area contributed by atoms with Gasteiger partial charge in [-0.3, -0.25) is 4.79 Å². The van der Waals surface area contributed by atoms with Crippen LogP contribution in [0.1, 0.15) is 5.56 Å². The summed E-state index contributed by atoms with van der Waals surface area (Å²) in [5.41, 5.74) is 0.389. The van der Waals surface area contributed by atoms with E-state index in [9.17, 15) is 14.7 Å². The minimum Gasteiger partial charge on any atom is -0.502 e. The third-order valence-electron chi connectivity index (χ3n) is 4.66. The van der Waals surface area contributed by atoms with Gasteiger partial charge in [0.25, 0.3) is 0 Å². The number of phenolic OH excluding ortho intramolecular Hbond substituents is 1. The predicted molar refractivity (Wildman–Crippen MR) is 111 cm³/mol. The first-order valence-corrected chi connectivity index (χ1v) is 8.81. The van der Waals surface area contributed by atoms with Crippen molar-refractivity contribution < 1.29 is 19.3 Å². The molecule has 3 N–H and O–H groups in total. The van der Waals surface area contributed by atoms with E-state index in [0.29, 0.717) is 32.4 Å². The van der Waals surface area contributed by atoms with Crippen LogP contribution in [-0.2, 0) is 0 Å². The number of hydrogen-bond acceptors (Lipinski definition) is 7. The second-order valence-corrected chi connectivity index (χ2v) is 6.35. The molecule has 0 radical (unpaired) electrons. The van der Waals surface area contributed by atoms with Crippen LogP contribution in [0.5, 0.6) is 23.0 Å². The number of aromatic amines is 2. The number of aromatic nitrogens is 3. The Kier molecular flexibility index (Phi) is 4.66. The molecule has 2 aromatic carbocycles. The number of nitrogens with zero attached hydrogens (tertiary/aromatic N) is 2. The van der Waals surface area contributed by atoms with Gasteiger partial charge in [0.05, 0.1) is 33.1 Å². The lowest BCUT2D eigenvalue weighted by Gasteiger charge is -2.09. The summed E-state index contributed by atoms with van der Waals surface area (Å²) in [5, 5.41) is 14.7. The van der Waals surface area contributed by atoms with E-state index in [1.165, 1.54) is 39.7 Å². The van der Waals surface area contributed by atoms with E-state index >= 15 is 0 Å². The lowest BCUT2D eigenvalue weighted by Crippen LogP contribution is -2.32. The number of nitrogens with one attached hydrogen (secondary N) is 2. The van der Waals surface area contributed by atoms with Crippen LogP contribution in [0.2, 0.25) is 0 Å². The van der Waals surface area contributed by atoms with Crippen molar-refractivity contribution in [1.29, 1.82) is 0 Å². The molecule has 0 spiro atoms. The van der Waals surface area contributed by atoms with Gasteiger partial charge in [-0.25, -0.2) is 4.79 Å². The Morgan fingerprint density at radius 1 is 0.967 bits per heavy atom. The summed E-state index contributed by atoms with van der Waals surface area (Å²) in [6.07, 6.45) is 1.29. The van der Waals surface area contributed by atoms with Gasteiger partial charge >= 0.3 is 11.2 Å². The van der Waals surface area contributed by atoms with Crippen molar-refractivity contribution in [3.8, 4) is 23.0 Å². The summed E-state index contributed by atoms with van der Waals surface area (Å²) in [7, 11) is 4.32. The molecule has 0 fully saturated rings. The third-order valence-corrected chi connectivity index (χ3v) is 4.66. The molecule has 10 heteroatoms. The van der Waals surface area contributed by atoms with Crippen LogP contribution in [0.25, 0.3) is 21.9 Å². The van der Waals surface area contributed by atoms with E-state index in [-0.39, 0.29) is 22.8 Å². The van der Waals surface area contributed by atoms with Crippen molar-refractivity contribution in [1.82, 2.24) is 14.6 Å². The quantitative estimate of drug-likeness (QED) is 0.430. The van der Waals surface area contributed by atoms with E-state index in [0.717, 1.165) is 0 Å². The number of methoxy groups -OCH3 is 3. The zero-order valence-corrected chi connectivity index (χ0v) is 16.3. The highest BCUT2D eigenvalue weighted by atomic mass is 16.5. The Labute approximate surface area is 168 Å². The van der Waals surface area contributed by atoms with E-state index < -0.39 is 11.2 Å². The number of phenols is 1. The Hall–Kier alpha value is -4.21. The van der Waals surface area contributed by atoms with Crippen LogP contribution in [-0.4, -0.2) is 47.3 Å². The van der Waals surface area contributed by atoms with Gasteiger partial charge in [-0.15, -0.1) is 4.68 Å². The molecule has 10 nitrogen and oxygen atoms in total. The summed E-state index contributed by atoms with van der Waals surface area (Å²) in [6, 6.07) is 8.22. The number of H-pyrrole nitrogens is 2. The van der Waals surface area contributed by atoms with Crippen molar-refractivity contribution >= 4 is 28.2 Å². The minimum absolute atomic E-state index is 0.164. The normalized spacial score (nSPS) is 11.4. The lowest BCUT2D eigenvalue weighted by molar-refractivity contribution is 0.340. The average molecular weight is 410 g/mol. The number of ether oxygens (including phenoxy) is 3. The largest absolute Gasteiger partial charge is 0.502 e. The Balaban J connectivity index is 1.85. The first-order valence-electron chi connectivity index (χ1n) is 8.81. The number of fused-ring (bicyclic) bond motifs is 3. The molecule has 0 unspecified atom stereocenters. The zero-order valence-electron chi connectivity index (χ0n) is 16.3. The maximum Gasteiger partial charge on any atom is 0.350 e. The fourth-order valence-corrected chi connectivity index (χ4v) is 3.16. The van der Waals surface area contributed by atoms with Crippen molar-refractivity contribution in [3.63, 3.8) is 0 Å². The molecule has 0 aliphatic carbocycles. The fraction of sp³-hybridized carbons (Fsp3) is 0.150. The molecule has 30 heavy (non-hydrogen) atoms. The van der Waals surface area contributed by atoms with Crippen LogP contribution < -0.4 is 25.5 Å². The molecule has 0 aliphatic heterocycles. The molecule has 154 valence electrons. The topological polar surface area (TPSA) is 131 Å². The Morgan fingerprint density at radius 3 is 2.30 bits per heavy atom. The summed E-state index contributed by atoms with van der Waals surface area (Å²) in [5.74, 6) is 0.762. The van der Waals surface area contributed by atoms with Gasteiger partial charge in [0.1, 0.15) is 11.3 Å². The van der Waals surface area contributed by atoms with Gasteiger partial charge in [-0.2, -0.15) is 5.10 Å². The van der Waals surface area contributed by atoms with Gasteiger partial charge in [0.15, 0.2) is 11.5 Å². The van der Waals surface area contributed by atoms with Crippen molar-refractivity contribution in [2.75, 3.05) is 21.3 Å². The first kappa shape index (κ1) is 19.1. The molecule has 0 aliphatic rings. The Morgan fingerprint density at radius 2 is 1.67 bits per heavy atom. The molecule has 0 saturated carbocycles. The highest BCUT2D eigenvalue weighted by molar-refractivity contribution is 6.04. The van der Waals surface area contributed by atoms with Crippen molar-refractivity contribution in [3.05, 3.63) is 56.7 Å². The SMILES string of the molecule is COc1ccc2[nH]c3c(=O)n(N=Cc4cc(OC)c(O)c(OC)c4)c(=O)[nH]c3c2c1. The highest BCUT2D eigenvalue weighted by Gasteiger charge is 2.14. The summed E-state index contributed by atoms with van der Waals surface area (Å²) in [4.78, 5) is 31.1. The van der Waals surface area contributed by atoms with E-state index in [2.05, 4.69) is 15.1 Å². The summed E-state index contributed by atoms with van der Waals surface area (Å²) < 4.78 is 16.1. The number of benzene rings is 2. The average Bonchev–Trinajstić information content (AvgIpc) is 3.12. The Bertz CT molecular complexity index is 1390. The molecule has 0 atom stereocenters. The van der Waals surface area contributed by atoms with Gasteiger partial charge in [-0.1, -0.05) is 0 Å². The molecule has 2 aromatic heterocycles. The summed E-state index contributed by atoms with van der Waals surface area (Å²) >= 11 is 0. The second-order valence-electron chi connectivity index (χ2n) is 6.35. The first-order chi connectivity index (χ1) is 14.5. The molecule has 0 amide bonds. The maximum absolute atomic E-state index is 12.9. The molecular formula is C20H18N4O6.